The number of thioether (sulfide) groups is 1. The molecule has 1 amide bonds. The highest BCUT2D eigenvalue weighted by atomic mass is 35.5. The number of anilines is 3. The second-order valence-electron chi connectivity index (χ2n) is 6.85. The highest BCUT2D eigenvalue weighted by molar-refractivity contribution is 7.99. The molecule has 30 heavy (non-hydrogen) atoms. The van der Waals surface area contributed by atoms with E-state index in [0.29, 0.717) is 15.9 Å². The van der Waals surface area contributed by atoms with Gasteiger partial charge in [0.2, 0.25) is 5.91 Å². The number of carbonyl (C=O) groups is 1. The number of carbonyl (C=O) groups excluding carboxylic acids is 1. The van der Waals surface area contributed by atoms with E-state index in [0.717, 1.165) is 32.0 Å². The molecule has 2 heterocycles. The first-order chi connectivity index (χ1) is 14.7. The molecule has 1 aliphatic rings. The summed E-state index contributed by atoms with van der Waals surface area (Å²) in [6.07, 6.45) is 1.75. The summed E-state index contributed by atoms with van der Waals surface area (Å²) in [5, 5.41) is 4.02. The number of para-hydroxylation sites is 1. The number of nitrogens with one attached hydrogen (secondary N) is 1. The van der Waals surface area contributed by atoms with Gasteiger partial charge in [0, 0.05) is 48.8 Å². The molecule has 1 aromatic heterocycles. The molecule has 1 N–H and O–H groups in total. The van der Waals surface area contributed by atoms with Crippen molar-refractivity contribution in [3.63, 3.8) is 0 Å². The van der Waals surface area contributed by atoms with Gasteiger partial charge in [0.05, 0.1) is 5.75 Å². The van der Waals surface area contributed by atoms with Crippen LogP contribution in [0, 0.1) is 0 Å². The molecule has 0 bridgehead atoms. The SMILES string of the molecule is O=C(CSc1nccc(N2CCN(c3ccccc3)CC2)n1)Nc1cccc(Cl)c1. The first kappa shape index (κ1) is 20.5. The maximum absolute atomic E-state index is 12.2. The van der Waals surface area contributed by atoms with Gasteiger partial charge in [-0.15, -0.1) is 0 Å². The molecule has 1 aliphatic heterocycles. The second kappa shape index (κ2) is 9.82. The van der Waals surface area contributed by atoms with Gasteiger partial charge in [-0.3, -0.25) is 4.79 Å². The molecule has 154 valence electrons. The van der Waals surface area contributed by atoms with E-state index in [9.17, 15) is 4.79 Å². The second-order valence-corrected chi connectivity index (χ2v) is 8.23. The van der Waals surface area contributed by atoms with Crippen LogP contribution in [0.5, 0.6) is 0 Å². The van der Waals surface area contributed by atoms with Gasteiger partial charge in [-0.2, -0.15) is 0 Å². The predicted molar refractivity (Wildman–Crippen MR) is 124 cm³/mol. The topological polar surface area (TPSA) is 61.4 Å². The third kappa shape index (κ3) is 5.43. The van der Waals surface area contributed by atoms with Crippen LogP contribution in [0.1, 0.15) is 0 Å². The van der Waals surface area contributed by atoms with Crippen molar-refractivity contribution in [3.05, 3.63) is 71.9 Å². The van der Waals surface area contributed by atoms with Gasteiger partial charge in [-0.1, -0.05) is 47.6 Å². The molecule has 0 atom stereocenters. The van der Waals surface area contributed by atoms with Gasteiger partial charge in [-0.25, -0.2) is 9.97 Å². The molecule has 2 aromatic carbocycles. The number of amides is 1. The van der Waals surface area contributed by atoms with E-state index in [4.69, 9.17) is 11.6 Å². The molecule has 6 nitrogen and oxygen atoms in total. The van der Waals surface area contributed by atoms with Crippen molar-refractivity contribution in [1.82, 2.24) is 9.97 Å². The molecule has 0 radical (unpaired) electrons. The molecule has 1 saturated heterocycles. The van der Waals surface area contributed by atoms with Crippen LogP contribution >= 0.6 is 23.4 Å². The van der Waals surface area contributed by atoms with Crippen molar-refractivity contribution in [1.29, 1.82) is 0 Å². The molecule has 4 rings (SSSR count). The summed E-state index contributed by atoms with van der Waals surface area (Å²) in [6.45, 7) is 3.67. The van der Waals surface area contributed by atoms with Crippen molar-refractivity contribution in [2.24, 2.45) is 0 Å². The Balaban J connectivity index is 1.30. The summed E-state index contributed by atoms with van der Waals surface area (Å²) in [7, 11) is 0. The van der Waals surface area contributed by atoms with E-state index < -0.39 is 0 Å². The van der Waals surface area contributed by atoms with Crippen LogP contribution in [0.25, 0.3) is 0 Å². The standard InChI is InChI=1S/C22H22ClN5OS/c23-17-5-4-6-18(15-17)25-21(29)16-30-22-24-10-9-20(26-22)28-13-11-27(12-14-28)19-7-2-1-3-8-19/h1-10,15H,11-14,16H2,(H,25,29). The lowest BCUT2D eigenvalue weighted by atomic mass is 10.2. The summed E-state index contributed by atoms with van der Waals surface area (Å²) in [5.74, 6) is 1.01. The Kier molecular flexibility index (Phi) is 6.71. The maximum Gasteiger partial charge on any atom is 0.234 e. The highest BCUT2D eigenvalue weighted by Crippen LogP contribution is 2.21. The summed E-state index contributed by atoms with van der Waals surface area (Å²) >= 11 is 7.28. The van der Waals surface area contributed by atoms with Crippen LogP contribution in [0.15, 0.2) is 72.0 Å². The van der Waals surface area contributed by atoms with Crippen molar-refractivity contribution in [2.75, 3.05) is 47.0 Å². The summed E-state index contributed by atoms with van der Waals surface area (Å²) in [6, 6.07) is 19.5. The molecule has 0 unspecified atom stereocenters. The van der Waals surface area contributed by atoms with Crippen LogP contribution in [-0.2, 0) is 4.79 Å². The summed E-state index contributed by atoms with van der Waals surface area (Å²) < 4.78 is 0. The molecule has 8 heteroatoms. The Bertz CT molecular complexity index is 996. The molecule has 0 saturated carbocycles. The van der Waals surface area contributed by atoms with E-state index in [-0.39, 0.29) is 11.7 Å². The van der Waals surface area contributed by atoms with Crippen molar-refractivity contribution in [3.8, 4) is 0 Å². The Morgan fingerprint density at radius 2 is 1.77 bits per heavy atom. The van der Waals surface area contributed by atoms with Crippen molar-refractivity contribution >= 4 is 46.5 Å². The number of piperazine rings is 1. The Morgan fingerprint density at radius 3 is 2.53 bits per heavy atom. The van der Waals surface area contributed by atoms with Gasteiger partial charge >= 0.3 is 0 Å². The average Bonchev–Trinajstić information content (AvgIpc) is 2.79. The van der Waals surface area contributed by atoms with E-state index in [2.05, 4.69) is 49.4 Å². The average molecular weight is 440 g/mol. The lowest BCUT2D eigenvalue weighted by Gasteiger charge is -2.36. The van der Waals surface area contributed by atoms with E-state index in [1.54, 1.807) is 30.5 Å². The number of halogens is 1. The monoisotopic (exact) mass is 439 g/mol. The minimum absolute atomic E-state index is 0.118. The number of hydrogen-bond donors (Lipinski definition) is 1. The first-order valence-electron chi connectivity index (χ1n) is 9.73. The third-order valence-corrected chi connectivity index (χ3v) is 5.88. The molecule has 0 aliphatic carbocycles. The smallest absolute Gasteiger partial charge is 0.234 e. The normalized spacial score (nSPS) is 13.9. The van der Waals surface area contributed by atoms with E-state index in [1.165, 1.54) is 17.4 Å². The first-order valence-corrected chi connectivity index (χ1v) is 11.1. The van der Waals surface area contributed by atoms with Crippen molar-refractivity contribution < 1.29 is 4.79 Å². The predicted octanol–water partition coefficient (Wildman–Crippen LogP) is 4.19. The number of nitrogens with zero attached hydrogens (tertiary/aromatic N) is 4. The minimum Gasteiger partial charge on any atom is -0.368 e. The molecular weight excluding hydrogens is 418 g/mol. The highest BCUT2D eigenvalue weighted by Gasteiger charge is 2.19. The van der Waals surface area contributed by atoms with Gasteiger partial charge in [0.15, 0.2) is 5.16 Å². The minimum atomic E-state index is -0.118. The van der Waals surface area contributed by atoms with Crippen LogP contribution < -0.4 is 15.1 Å². The lowest BCUT2D eigenvalue weighted by molar-refractivity contribution is -0.113. The molecule has 3 aromatic rings. The zero-order valence-electron chi connectivity index (χ0n) is 16.4. The van der Waals surface area contributed by atoms with Gasteiger partial charge in [0.25, 0.3) is 0 Å². The van der Waals surface area contributed by atoms with Crippen LogP contribution in [0.2, 0.25) is 5.02 Å². The maximum atomic E-state index is 12.2. The van der Waals surface area contributed by atoms with Crippen LogP contribution in [0.3, 0.4) is 0 Å². The zero-order valence-corrected chi connectivity index (χ0v) is 17.9. The van der Waals surface area contributed by atoms with E-state index >= 15 is 0 Å². The molecule has 1 fully saturated rings. The fraction of sp³-hybridized carbons (Fsp3) is 0.227. The zero-order chi connectivity index (χ0) is 20.8. The molecular formula is C22H22ClN5OS. The number of benzene rings is 2. The van der Waals surface area contributed by atoms with Gasteiger partial charge in [0.1, 0.15) is 5.82 Å². The number of aromatic nitrogens is 2. The van der Waals surface area contributed by atoms with Crippen LogP contribution in [0.4, 0.5) is 17.2 Å². The summed E-state index contributed by atoms with van der Waals surface area (Å²) in [5.41, 5.74) is 1.93. The van der Waals surface area contributed by atoms with Gasteiger partial charge < -0.3 is 15.1 Å². The third-order valence-electron chi connectivity index (χ3n) is 4.78. The summed E-state index contributed by atoms with van der Waals surface area (Å²) in [4.78, 5) is 25.8. The number of hydrogen-bond acceptors (Lipinski definition) is 6. The number of rotatable bonds is 6. The quantitative estimate of drug-likeness (QED) is 0.459. The van der Waals surface area contributed by atoms with E-state index in [1.807, 2.05) is 12.1 Å². The Labute approximate surface area is 185 Å². The molecule has 0 spiro atoms. The largest absolute Gasteiger partial charge is 0.368 e. The van der Waals surface area contributed by atoms with Crippen molar-refractivity contribution in [2.45, 2.75) is 5.16 Å². The lowest BCUT2D eigenvalue weighted by Crippen LogP contribution is -2.46. The Hall–Kier alpha value is -2.77. The fourth-order valence-corrected chi connectivity index (χ4v) is 4.12. The fourth-order valence-electron chi connectivity index (χ4n) is 3.30. The van der Waals surface area contributed by atoms with Crippen LogP contribution in [-0.4, -0.2) is 47.8 Å². The van der Waals surface area contributed by atoms with Gasteiger partial charge in [-0.05, 0) is 36.4 Å². The Morgan fingerprint density at radius 1 is 1.00 bits per heavy atom.